The van der Waals surface area contributed by atoms with Gasteiger partial charge in [0, 0.05) is 31.4 Å². The Labute approximate surface area is 123 Å². The first-order valence-electron chi connectivity index (χ1n) is 7.00. The Morgan fingerprint density at radius 3 is 2.45 bits per heavy atom. The van der Waals surface area contributed by atoms with Crippen molar-refractivity contribution in [3.63, 3.8) is 0 Å². The van der Waals surface area contributed by atoms with Gasteiger partial charge in [0.1, 0.15) is 0 Å². The highest BCUT2D eigenvalue weighted by molar-refractivity contribution is 5.85. The monoisotopic (exact) mass is 270 g/mol. The number of anilines is 1. The molecule has 2 nitrogen and oxygen atoms in total. The molecule has 0 saturated heterocycles. The summed E-state index contributed by atoms with van der Waals surface area (Å²) in [6, 6.07) is 8.70. The van der Waals surface area contributed by atoms with Crippen LogP contribution in [0.5, 0.6) is 0 Å². The second-order valence-corrected chi connectivity index (χ2v) is 5.00. The van der Waals surface area contributed by atoms with Crippen molar-refractivity contribution in [3.8, 4) is 0 Å². The molecule has 2 heteroatoms. The maximum absolute atomic E-state index is 4.02. The minimum absolute atomic E-state index is 0.273. The predicted octanol–water partition coefficient (Wildman–Crippen LogP) is 3.88. The Hall–Kier alpha value is -1.80. The fourth-order valence-corrected chi connectivity index (χ4v) is 2.28. The molecular weight excluding hydrogens is 244 g/mol. The van der Waals surface area contributed by atoms with Crippen molar-refractivity contribution < 1.29 is 0 Å². The number of hydrogen-bond donors (Lipinski definition) is 1. The summed E-state index contributed by atoms with van der Waals surface area (Å²) < 4.78 is 0. The average molecular weight is 270 g/mol. The second kappa shape index (κ2) is 7.71. The maximum Gasteiger partial charge on any atom is 0.0440 e. The van der Waals surface area contributed by atoms with E-state index in [1.807, 2.05) is 20.0 Å². The van der Waals surface area contributed by atoms with E-state index in [4.69, 9.17) is 0 Å². The molecule has 1 aromatic rings. The zero-order valence-electron chi connectivity index (χ0n) is 13.3. The molecule has 0 saturated carbocycles. The minimum Gasteiger partial charge on any atom is -0.377 e. The summed E-state index contributed by atoms with van der Waals surface area (Å²) in [5.74, 6) is 0. The van der Waals surface area contributed by atoms with Crippen molar-refractivity contribution in [2.75, 3.05) is 26.0 Å². The van der Waals surface area contributed by atoms with Gasteiger partial charge in [-0.25, -0.2) is 0 Å². The molecule has 1 atom stereocenters. The third kappa shape index (κ3) is 3.61. The van der Waals surface area contributed by atoms with Crippen LogP contribution in [0.4, 0.5) is 5.69 Å². The second-order valence-electron chi connectivity index (χ2n) is 5.00. The van der Waals surface area contributed by atoms with E-state index in [0.717, 1.165) is 0 Å². The van der Waals surface area contributed by atoms with Gasteiger partial charge in [-0.1, -0.05) is 43.0 Å². The van der Waals surface area contributed by atoms with Crippen LogP contribution in [-0.4, -0.2) is 27.2 Å². The lowest BCUT2D eigenvalue weighted by molar-refractivity contribution is 0.707. The summed E-state index contributed by atoms with van der Waals surface area (Å²) in [6.45, 7) is 8.23. The predicted molar refractivity (Wildman–Crippen MR) is 91.2 cm³/mol. The molecule has 0 heterocycles. The molecule has 0 aliphatic carbocycles. The van der Waals surface area contributed by atoms with Crippen LogP contribution in [0.1, 0.15) is 19.4 Å². The quantitative estimate of drug-likeness (QED) is 0.789. The number of nitrogens with one attached hydrogen (secondary N) is 1. The highest BCUT2D eigenvalue weighted by atomic mass is 15.1. The van der Waals surface area contributed by atoms with Crippen molar-refractivity contribution in [2.24, 2.45) is 0 Å². The summed E-state index contributed by atoms with van der Waals surface area (Å²) >= 11 is 0. The van der Waals surface area contributed by atoms with E-state index in [1.54, 1.807) is 0 Å². The van der Waals surface area contributed by atoms with Crippen LogP contribution in [0.3, 0.4) is 0 Å². The van der Waals surface area contributed by atoms with Gasteiger partial charge in [0.2, 0.25) is 0 Å². The van der Waals surface area contributed by atoms with Crippen LogP contribution >= 0.6 is 0 Å². The van der Waals surface area contributed by atoms with E-state index >= 15 is 0 Å². The minimum atomic E-state index is 0.273. The van der Waals surface area contributed by atoms with Gasteiger partial charge < -0.3 is 10.2 Å². The first kappa shape index (κ1) is 16.3. The topological polar surface area (TPSA) is 15.3 Å². The van der Waals surface area contributed by atoms with Crippen molar-refractivity contribution in [2.45, 2.75) is 19.9 Å². The maximum atomic E-state index is 4.02. The normalized spacial score (nSPS) is 14.1. The van der Waals surface area contributed by atoms with Crippen LogP contribution in [0.15, 0.2) is 54.6 Å². The fraction of sp³-hybridized carbons (Fsp3) is 0.333. The van der Waals surface area contributed by atoms with Crippen LogP contribution in [0.2, 0.25) is 0 Å². The van der Waals surface area contributed by atoms with Gasteiger partial charge in [-0.2, -0.15) is 0 Å². The number of para-hydroxylation sites is 1. The Balaban J connectivity index is 3.54. The van der Waals surface area contributed by atoms with E-state index in [1.165, 1.54) is 22.4 Å². The number of rotatable bonds is 6. The lowest BCUT2D eigenvalue weighted by Crippen LogP contribution is -2.24. The smallest absolute Gasteiger partial charge is 0.0440 e. The molecule has 0 amide bonds. The lowest BCUT2D eigenvalue weighted by Gasteiger charge is -2.22. The molecule has 1 aromatic carbocycles. The van der Waals surface area contributed by atoms with Gasteiger partial charge in [-0.05, 0) is 38.1 Å². The number of likely N-dealkylation sites (N-methyl/N-ethyl adjacent to an activating group) is 1. The Morgan fingerprint density at radius 1 is 1.30 bits per heavy atom. The molecule has 20 heavy (non-hydrogen) atoms. The van der Waals surface area contributed by atoms with Crippen molar-refractivity contribution in [3.05, 3.63) is 60.2 Å². The Kier molecular flexibility index (Phi) is 6.26. The van der Waals surface area contributed by atoms with Crippen LogP contribution in [0, 0.1) is 0 Å². The zero-order valence-corrected chi connectivity index (χ0v) is 13.3. The van der Waals surface area contributed by atoms with Gasteiger partial charge in [0.15, 0.2) is 0 Å². The molecule has 0 aromatic heterocycles. The molecule has 0 fully saturated rings. The summed E-state index contributed by atoms with van der Waals surface area (Å²) in [5.41, 5.74) is 4.84. The first-order chi connectivity index (χ1) is 9.56. The van der Waals surface area contributed by atoms with E-state index in [-0.39, 0.29) is 6.04 Å². The molecule has 108 valence electrons. The van der Waals surface area contributed by atoms with Gasteiger partial charge in [-0.3, -0.25) is 0 Å². The Bertz CT molecular complexity index is 510. The highest BCUT2D eigenvalue weighted by Gasteiger charge is 2.13. The number of allylic oxidation sites excluding steroid dienone is 3. The third-order valence-electron chi connectivity index (χ3n) is 3.44. The first-order valence-corrected chi connectivity index (χ1v) is 7.00. The summed E-state index contributed by atoms with van der Waals surface area (Å²) in [7, 11) is 6.11. The number of nitrogens with zero attached hydrogens (tertiary/aromatic N) is 1. The molecule has 0 radical (unpaired) electrons. The average Bonchev–Trinajstić information content (AvgIpc) is 2.46. The van der Waals surface area contributed by atoms with Gasteiger partial charge in [0.25, 0.3) is 0 Å². The molecule has 1 N–H and O–H groups in total. The van der Waals surface area contributed by atoms with E-state index < -0.39 is 0 Å². The summed E-state index contributed by atoms with van der Waals surface area (Å²) in [5, 5.41) is 3.31. The molecule has 0 aliphatic heterocycles. The van der Waals surface area contributed by atoms with Crippen molar-refractivity contribution in [1.82, 2.24) is 5.32 Å². The molecule has 0 spiro atoms. The molecule has 0 bridgehead atoms. The highest BCUT2D eigenvalue weighted by Crippen LogP contribution is 2.30. The largest absolute Gasteiger partial charge is 0.377 e. The van der Waals surface area contributed by atoms with Crippen molar-refractivity contribution in [1.29, 1.82) is 0 Å². The standard InChI is InChI=1S/C18H26N2/c1-7-11-16(14(3)19-4)15(8-2)17-12-9-10-13-18(17)20(5)6/h7-14,19H,2H2,1,3-6H3/b11-7-,16-15-. The molecule has 1 unspecified atom stereocenters. The van der Waals surface area contributed by atoms with Crippen LogP contribution in [0.25, 0.3) is 5.57 Å². The summed E-state index contributed by atoms with van der Waals surface area (Å²) in [4.78, 5) is 2.14. The van der Waals surface area contributed by atoms with Crippen LogP contribution < -0.4 is 10.2 Å². The molecule has 1 rings (SSSR count). The SMILES string of the molecule is C=C/C(=C(\C=C/C)C(C)NC)c1ccccc1N(C)C. The number of benzene rings is 1. The molecule has 0 aliphatic rings. The van der Waals surface area contributed by atoms with E-state index in [2.05, 4.69) is 74.2 Å². The Morgan fingerprint density at radius 2 is 1.95 bits per heavy atom. The van der Waals surface area contributed by atoms with Crippen LogP contribution in [-0.2, 0) is 0 Å². The van der Waals surface area contributed by atoms with E-state index in [9.17, 15) is 0 Å². The van der Waals surface area contributed by atoms with Gasteiger partial charge in [0.05, 0.1) is 0 Å². The third-order valence-corrected chi connectivity index (χ3v) is 3.44. The fourth-order valence-electron chi connectivity index (χ4n) is 2.28. The van der Waals surface area contributed by atoms with Gasteiger partial charge >= 0.3 is 0 Å². The summed E-state index contributed by atoms with van der Waals surface area (Å²) in [6.07, 6.45) is 6.18. The van der Waals surface area contributed by atoms with Crippen molar-refractivity contribution >= 4 is 11.3 Å². The van der Waals surface area contributed by atoms with E-state index in [0.29, 0.717) is 0 Å². The van der Waals surface area contributed by atoms with Gasteiger partial charge in [-0.15, -0.1) is 0 Å². The zero-order chi connectivity index (χ0) is 15.1. The number of hydrogen-bond acceptors (Lipinski definition) is 2. The lowest BCUT2D eigenvalue weighted by atomic mass is 9.93. The molecular formula is C18H26N2.